The molecule has 1 atom stereocenters. The van der Waals surface area contributed by atoms with Crippen LogP contribution in [0.3, 0.4) is 0 Å². The molecule has 0 radical (unpaired) electrons. The summed E-state index contributed by atoms with van der Waals surface area (Å²) in [7, 11) is 0. The molecule has 0 spiro atoms. The minimum absolute atomic E-state index is 0.102. The Morgan fingerprint density at radius 3 is 2.07 bits per heavy atom. The lowest BCUT2D eigenvalue weighted by Crippen LogP contribution is -2.26. The van der Waals surface area contributed by atoms with Crippen LogP contribution in [-0.2, 0) is 9.47 Å². The molecule has 0 aliphatic heterocycles. The number of ether oxygens (including phenoxy) is 2. The molecular formula is C13H26O2. The predicted molar refractivity (Wildman–Crippen MR) is 64.9 cm³/mol. The van der Waals surface area contributed by atoms with E-state index in [0.717, 1.165) is 6.42 Å². The van der Waals surface area contributed by atoms with Crippen molar-refractivity contribution in [1.82, 2.24) is 0 Å². The van der Waals surface area contributed by atoms with Gasteiger partial charge in [-0.1, -0.05) is 32.3 Å². The van der Waals surface area contributed by atoms with Crippen molar-refractivity contribution in [1.29, 1.82) is 0 Å². The van der Waals surface area contributed by atoms with E-state index in [1.165, 1.54) is 19.3 Å². The highest BCUT2D eigenvalue weighted by atomic mass is 16.7. The van der Waals surface area contributed by atoms with E-state index in [9.17, 15) is 0 Å². The van der Waals surface area contributed by atoms with Crippen molar-refractivity contribution >= 4 is 0 Å². The summed E-state index contributed by atoms with van der Waals surface area (Å²) in [5.41, 5.74) is 0. The number of hydrogen-bond acceptors (Lipinski definition) is 2. The maximum Gasteiger partial charge on any atom is 0.163 e. The Morgan fingerprint density at radius 2 is 1.67 bits per heavy atom. The van der Waals surface area contributed by atoms with Gasteiger partial charge in [-0.2, -0.15) is 0 Å². The lowest BCUT2D eigenvalue weighted by molar-refractivity contribution is -0.158. The first-order valence-corrected chi connectivity index (χ1v) is 6.15. The highest BCUT2D eigenvalue weighted by molar-refractivity contribution is 4.81. The first kappa shape index (κ1) is 14.7. The summed E-state index contributed by atoms with van der Waals surface area (Å²) in [6.07, 6.45) is 6.72. The third kappa shape index (κ3) is 6.69. The molecule has 0 heterocycles. The van der Waals surface area contributed by atoms with Crippen molar-refractivity contribution in [2.24, 2.45) is 5.92 Å². The highest BCUT2D eigenvalue weighted by Gasteiger charge is 2.18. The first-order chi connectivity index (χ1) is 7.29. The van der Waals surface area contributed by atoms with E-state index < -0.39 is 0 Å². The lowest BCUT2D eigenvalue weighted by Gasteiger charge is -2.24. The fraction of sp³-hybridized carbons (Fsp3) is 0.846. The molecule has 15 heavy (non-hydrogen) atoms. The lowest BCUT2D eigenvalue weighted by atomic mass is 10.0. The maximum atomic E-state index is 5.57. The van der Waals surface area contributed by atoms with Gasteiger partial charge in [0, 0.05) is 19.1 Å². The summed E-state index contributed by atoms with van der Waals surface area (Å²) >= 11 is 0. The normalized spacial score (nSPS) is 13.1. The van der Waals surface area contributed by atoms with Crippen molar-refractivity contribution in [2.45, 2.75) is 52.7 Å². The number of hydrogen-bond donors (Lipinski definition) is 0. The van der Waals surface area contributed by atoms with E-state index in [4.69, 9.17) is 9.47 Å². The second kappa shape index (κ2) is 10.2. The number of rotatable bonds is 10. The van der Waals surface area contributed by atoms with Crippen molar-refractivity contribution in [2.75, 3.05) is 13.2 Å². The van der Waals surface area contributed by atoms with Gasteiger partial charge >= 0.3 is 0 Å². The molecule has 0 aromatic rings. The highest BCUT2D eigenvalue weighted by Crippen LogP contribution is 2.18. The minimum atomic E-state index is -0.102. The van der Waals surface area contributed by atoms with Gasteiger partial charge in [-0.15, -0.1) is 6.58 Å². The van der Waals surface area contributed by atoms with E-state index in [-0.39, 0.29) is 6.29 Å². The summed E-state index contributed by atoms with van der Waals surface area (Å²) in [6.45, 7) is 11.5. The van der Waals surface area contributed by atoms with Crippen LogP contribution >= 0.6 is 0 Å². The van der Waals surface area contributed by atoms with Crippen molar-refractivity contribution in [3.8, 4) is 0 Å². The maximum absolute atomic E-state index is 5.57. The molecule has 0 aliphatic rings. The van der Waals surface area contributed by atoms with Gasteiger partial charge in [0.2, 0.25) is 0 Å². The molecule has 1 unspecified atom stereocenters. The van der Waals surface area contributed by atoms with Gasteiger partial charge in [0.25, 0.3) is 0 Å². The zero-order chi connectivity index (χ0) is 11.5. The Balaban J connectivity index is 3.99. The molecule has 0 bridgehead atoms. The van der Waals surface area contributed by atoms with Gasteiger partial charge in [-0.25, -0.2) is 0 Å². The molecular weight excluding hydrogens is 188 g/mol. The van der Waals surface area contributed by atoms with E-state index >= 15 is 0 Å². The van der Waals surface area contributed by atoms with Gasteiger partial charge in [0.1, 0.15) is 0 Å². The van der Waals surface area contributed by atoms with Gasteiger partial charge < -0.3 is 9.47 Å². The first-order valence-electron chi connectivity index (χ1n) is 6.15. The van der Waals surface area contributed by atoms with Crippen LogP contribution < -0.4 is 0 Å². The van der Waals surface area contributed by atoms with E-state index in [2.05, 4.69) is 13.5 Å². The van der Waals surface area contributed by atoms with E-state index in [1.807, 2.05) is 19.9 Å². The van der Waals surface area contributed by atoms with Crippen LogP contribution in [0.4, 0.5) is 0 Å². The fourth-order valence-corrected chi connectivity index (χ4v) is 1.62. The summed E-state index contributed by atoms with van der Waals surface area (Å²) in [4.78, 5) is 0. The average molecular weight is 214 g/mol. The van der Waals surface area contributed by atoms with Gasteiger partial charge in [-0.3, -0.25) is 0 Å². The summed E-state index contributed by atoms with van der Waals surface area (Å²) in [5, 5.41) is 0. The third-order valence-corrected chi connectivity index (χ3v) is 2.46. The topological polar surface area (TPSA) is 18.5 Å². The van der Waals surface area contributed by atoms with Crippen LogP contribution in [0, 0.1) is 5.92 Å². The van der Waals surface area contributed by atoms with Crippen molar-refractivity contribution in [3.05, 3.63) is 12.7 Å². The standard InChI is InChI=1S/C13H26O2/c1-5-9-10-11-12(6-2)13(14-7-3)15-8-4/h6,12-13H,2,5,7-11H2,1,3-4H3. The number of unbranched alkanes of at least 4 members (excludes halogenated alkanes) is 2. The van der Waals surface area contributed by atoms with Crippen molar-refractivity contribution in [3.63, 3.8) is 0 Å². The molecule has 90 valence electrons. The van der Waals surface area contributed by atoms with Crippen LogP contribution in [0.2, 0.25) is 0 Å². The molecule has 0 aliphatic carbocycles. The Hall–Kier alpha value is -0.340. The van der Waals surface area contributed by atoms with Gasteiger partial charge in [0.15, 0.2) is 6.29 Å². The third-order valence-electron chi connectivity index (χ3n) is 2.46. The molecule has 0 aromatic heterocycles. The zero-order valence-electron chi connectivity index (χ0n) is 10.5. The molecule has 0 fully saturated rings. The van der Waals surface area contributed by atoms with Crippen LogP contribution in [0.5, 0.6) is 0 Å². The molecule has 2 nitrogen and oxygen atoms in total. The van der Waals surface area contributed by atoms with Crippen LogP contribution in [0.1, 0.15) is 46.5 Å². The molecule has 0 N–H and O–H groups in total. The second-order valence-corrected chi connectivity index (χ2v) is 3.67. The summed E-state index contributed by atoms with van der Waals surface area (Å²) in [5.74, 6) is 0.330. The van der Waals surface area contributed by atoms with E-state index in [0.29, 0.717) is 19.1 Å². The fourth-order valence-electron chi connectivity index (χ4n) is 1.62. The Labute approximate surface area is 94.7 Å². The largest absolute Gasteiger partial charge is 0.352 e. The van der Waals surface area contributed by atoms with Crippen molar-refractivity contribution < 1.29 is 9.47 Å². The summed E-state index contributed by atoms with van der Waals surface area (Å²) < 4.78 is 11.1. The SMILES string of the molecule is C=CC(CCCCC)C(OCC)OCC. The molecule has 0 saturated heterocycles. The Kier molecular flexibility index (Phi) is 9.96. The van der Waals surface area contributed by atoms with Gasteiger partial charge in [-0.05, 0) is 20.3 Å². The molecule has 0 rings (SSSR count). The van der Waals surface area contributed by atoms with E-state index in [1.54, 1.807) is 0 Å². The molecule has 2 heteroatoms. The minimum Gasteiger partial charge on any atom is -0.352 e. The molecule has 0 saturated carbocycles. The van der Waals surface area contributed by atoms with Crippen LogP contribution in [0.25, 0.3) is 0 Å². The summed E-state index contributed by atoms with van der Waals surface area (Å²) in [6, 6.07) is 0. The Bertz CT molecular complexity index is 139. The predicted octanol–water partition coefficient (Wildman–Crippen LogP) is 3.77. The van der Waals surface area contributed by atoms with Crippen LogP contribution in [-0.4, -0.2) is 19.5 Å². The smallest absolute Gasteiger partial charge is 0.163 e. The monoisotopic (exact) mass is 214 g/mol. The molecule has 0 aromatic carbocycles. The Morgan fingerprint density at radius 1 is 1.07 bits per heavy atom. The average Bonchev–Trinajstić information content (AvgIpc) is 2.24. The quantitative estimate of drug-likeness (QED) is 0.313. The van der Waals surface area contributed by atoms with Gasteiger partial charge in [0.05, 0.1) is 0 Å². The molecule has 0 amide bonds. The second-order valence-electron chi connectivity index (χ2n) is 3.67. The van der Waals surface area contributed by atoms with Crippen LogP contribution in [0.15, 0.2) is 12.7 Å². The zero-order valence-corrected chi connectivity index (χ0v) is 10.5.